The lowest BCUT2D eigenvalue weighted by Gasteiger charge is -2.32. The second-order valence-electron chi connectivity index (χ2n) is 8.37. The molecule has 0 fully saturated rings. The zero-order valence-corrected chi connectivity index (χ0v) is 19.7. The smallest absolute Gasteiger partial charge is 0.336 e. The van der Waals surface area contributed by atoms with Gasteiger partial charge in [-0.25, -0.2) is 9.59 Å². The van der Waals surface area contributed by atoms with Crippen LogP contribution < -0.4 is 24.7 Å². The monoisotopic (exact) mass is 492 g/mol. The summed E-state index contributed by atoms with van der Waals surface area (Å²) >= 11 is 0. The predicted molar refractivity (Wildman–Crippen MR) is 123 cm³/mol. The summed E-state index contributed by atoms with van der Waals surface area (Å²) in [6, 6.07) is 12.4. The van der Waals surface area contributed by atoms with Crippen molar-refractivity contribution in [1.82, 2.24) is 0 Å². The van der Waals surface area contributed by atoms with Gasteiger partial charge in [-0.15, -0.1) is 0 Å². The summed E-state index contributed by atoms with van der Waals surface area (Å²) in [5.74, 6) is -1.36. The third kappa shape index (κ3) is 3.39. The van der Waals surface area contributed by atoms with E-state index >= 15 is 0 Å². The van der Waals surface area contributed by atoms with Gasteiger partial charge in [-0.3, -0.25) is 0 Å². The molecule has 10 heteroatoms. The van der Waals surface area contributed by atoms with Gasteiger partial charge in [0.15, 0.2) is 23.0 Å². The molecule has 0 bridgehead atoms. The maximum absolute atomic E-state index is 13.5. The number of nitrogens with zero attached hydrogens (tertiary/aromatic N) is 1. The summed E-state index contributed by atoms with van der Waals surface area (Å²) in [6.45, 7) is 3.50. The Morgan fingerprint density at radius 3 is 2.08 bits per heavy atom. The van der Waals surface area contributed by atoms with Crippen molar-refractivity contribution in [3.63, 3.8) is 0 Å². The van der Waals surface area contributed by atoms with Crippen molar-refractivity contribution >= 4 is 11.9 Å². The van der Waals surface area contributed by atoms with Crippen LogP contribution in [0.2, 0.25) is 0 Å². The fraction of sp³-hybridized carbons (Fsp3) is 0.346. The van der Waals surface area contributed by atoms with Gasteiger partial charge in [0.25, 0.3) is 0 Å². The van der Waals surface area contributed by atoms with Crippen LogP contribution in [0.5, 0.6) is 23.0 Å². The van der Waals surface area contributed by atoms with Gasteiger partial charge in [0.2, 0.25) is 19.0 Å². The highest BCUT2D eigenvalue weighted by atomic mass is 16.7. The number of rotatable bonds is 6. The molecule has 2 N–H and O–H groups in total. The Balaban J connectivity index is 1.77. The van der Waals surface area contributed by atoms with Crippen LogP contribution in [0, 0.1) is 16.7 Å². The van der Waals surface area contributed by atoms with Gasteiger partial charge in [0, 0.05) is 11.8 Å². The van der Waals surface area contributed by atoms with Crippen molar-refractivity contribution in [3.05, 3.63) is 58.8 Å². The normalized spacial score (nSPS) is 23.4. The molecule has 3 atom stereocenters. The third-order valence-electron chi connectivity index (χ3n) is 6.61. The average Bonchev–Trinajstić information content (AvgIpc) is 3.59. The van der Waals surface area contributed by atoms with Crippen LogP contribution >= 0.6 is 0 Å². The van der Waals surface area contributed by atoms with E-state index in [1.165, 1.54) is 0 Å². The summed E-state index contributed by atoms with van der Waals surface area (Å²) in [5.41, 5.74) is 5.50. The summed E-state index contributed by atoms with van der Waals surface area (Å²) in [7, 11) is 0. The van der Waals surface area contributed by atoms with Crippen molar-refractivity contribution in [3.8, 4) is 29.1 Å². The first kappa shape index (κ1) is 23.4. The maximum Gasteiger partial charge on any atom is 0.336 e. The van der Waals surface area contributed by atoms with Crippen LogP contribution in [0.3, 0.4) is 0 Å². The zero-order valence-electron chi connectivity index (χ0n) is 19.7. The molecule has 2 aliphatic heterocycles. The molecular weight excluding hydrogens is 468 g/mol. The van der Waals surface area contributed by atoms with E-state index in [-0.39, 0.29) is 38.1 Å². The number of hydrogen-bond acceptors (Lipinski definition) is 10. The van der Waals surface area contributed by atoms with Gasteiger partial charge in [0.05, 0.1) is 30.6 Å². The Hall–Kier alpha value is -4.39. The SMILES string of the molecule is CCOC(=O)C1=C(N)[C@@](C#N)(C(=O)OCC)[C@H](c2ccc3c(c2)OCO3)[C@H]1c1ccc2c(c1)OCO2. The molecule has 3 aliphatic rings. The van der Waals surface area contributed by atoms with E-state index < -0.39 is 29.2 Å². The first-order chi connectivity index (χ1) is 17.5. The Morgan fingerprint density at radius 2 is 1.50 bits per heavy atom. The molecule has 0 amide bonds. The minimum absolute atomic E-state index is 0.0207. The summed E-state index contributed by atoms with van der Waals surface area (Å²) in [4.78, 5) is 26.8. The lowest BCUT2D eigenvalue weighted by molar-refractivity contribution is -0.151. The molecule has 2 aromatic carbocycles. The Morgan fingerprint density at radius 1 is 0.944 bits per heavy atom. The summed E-state index contributed by atoms with van der Waals surface area (Å²) in [6.07, 6.45) is 0. The quantitative estimate of drug-likeness (QED) is 0.599. The third-order valence-corrected chi connectivity index (χ3v) is 6.61. The van der Waals surface area contributed by atoms with Crippen molar-refractivity contribution in [2.75, 3.05) is 26.8 Å². The summed E-state index contributed by atoms with van der Waals surface area (Å²) < 4.78 is 32.7. The largest absolute Gasteiger partial charge is 0.464 e. The maximum atomic E-state index is 13.5. The van der Waals surface area contributed by atoms with E-state index in [4.69, 9.17) is 34.2 Å². The lowest BCUT2D eigenvalue weighted by atomic mass is 9.68. The van der Waals surface area contributed by atoms with Gasteiger partial charge in [-0.05, 0) is 49.2 Å². The van der Waals surface area contributed by atoms with Crippen molar-refractivity contribution in [2.24, 2.45) is 11.1 Å². The van der Waals surface area contributed by atoms with E-state index in [0.29, 0.717) is 34.1 Å². The fourth-order valence-corrected chi connectivity index (χ4v) is 5.08. The van der Waals surface area contributed by atoms with Crippen molar-refractivity contribution < 1.29 is 38.0 Å². The zero-order chi connectivity index (χ0) is 25.4. The highest BCUT2D eigenvalue weighted by molar-refractivity contribution is 5.98. The van der Waals surface area contributed by atoms with E-state index in [0.717, 1.165) is 0 Å². The number of hydrogen-bond donors (Lipinski definition) is 1. The minimum atomic E-state index is -2.01. The fourth-order valence-electron chi connectivity index (χ4n) is 5.08. The van der Waals surface area contributed by atoms with Crippen LogP contribution in [0.15, 0.2) is 47.7 Å². The number of carbonyl (C=O) groups excluding carboxylic acids is 2. The van der Waals surface area contributed by atoms with E-state index in [9.17, 15) is 14.9 Å². The van der Waals surface area contributed by atoms with Crippen LogP contribution in [0.1, 0.15) is 36.8 Å². The Labute approximate surface area is 207 Å². The van der Waals surface area contributed by atoms with Crippen LogP contribution in [-0.4, -0.2) is 38.7 Å². The number of carbonyl (C=O) groups is 2. The van der Waals surface area contributed by atoms with Gasteiger partial charge >= 0.3 is 11.9 Å². The van der Waals surface area contributed by atoms with Gasteiger partial charge in [-0.2, -0.15) is 5.26 Å². The molecule has 0 unspecified atom stereocenters. The van der Waals surface area contributed by atoms with Gasteiger partial charge in [-0.1, -0.05) is 12.1 Å². The molecule has 0 spiro atoms. The van der Waals surface area contributed by atoms with Crippen LogP contribution in [0.25, 0.3) is 0 Å². The van der Waals surface area contributed by atoms with Crippen molar-refractivity contribution in [1.29, 1.82) is 5.26 Å². The van der Waals surface area contributed by atoms with E-state index in [1.807, 2.05) is 0 Å². The molecule has 186 valence electrons. The topological polar surface area (TPSA) is 139 Å². The Bertz CT molecular complexity index is 1310. The molecule has 0 saturated heterocycles. The van der Waals surface area contributed by atoms with E-state index in [1.54, 1.807) is 50.2 Å². The number of esters is 2. The second-order valence-corrected chi connectivity index (χ2v) is 8.37. The number of ether oxygens (including phenoxy) is 6. The molecule has 36 heavy (non-hydrogen) atoms. The molecule has 1 aliphatic carbocycles. The number of nitriles is 1. The molecule has 10 nitrogen and oxygen atoms in total. The molecule has 2 heterocycles. The molecule has 2 aromatic rings. The Kier molecular flexibility index (Phi) is 5.84. The molecule has 0 radical (unpaired) electrons. The van der Waals surface area contributed by atoms with Crippen LogP contribution in [-0.2, 0) is 19.1 Å². The average molecular weight is 492 g/mol. The number of nitrogens with two attached hydrogens (primary N) is 1. The van der Waals surface area contributed by atoms with Gasteiger partial charge < -0.3 is 34.2 Å². The minimum Gasteiger partial charge on any atom is -0.464 e. The summed E-state index contributed by atoms with van der Waals surface area (Å²) in [5, 5.41) is 10.5. The number of fused-ring (bicyclic) bond motifs is 2. The van der Waals surface area contributed by atoms with Gasteiger partial charge in [0.1, 0.15) is 0 Å². The first-order valence-corrected chi connectivity index (χ1v) is 11.5. The standard InChI is InChI=1S/C26H24N2O8/c1-3-31-24(29)21-20(14-5-7-16-18(9-14)35-12-33-16)22(15-6-8-17-19(10-15)36-13-34-17)26(11-27,23(21)28)25(30)32-4-2/h5-10,20,22H,3-4,12-13,28H2,1-2H3/t20-,22+,26-/m0/s1. The van der Waals surface area contributed by atoms with E-state index in [2.05, 4.69) is 6.07 Å². The molecular formula is C26H24N2O8. The first-order valence-electron chi connectivity index (χ1n) is 11.5. The number of benzene rings is 2. The van der Waals surface area contributed by atoms with Crippen LogP contribution in [0.4, 0.5) is 0 Å². The molecule has 5 rings (SSSR count). The second kappa shape index (κ2) is 9.00. The molecule has 0 saturated carbocycles. The lowest BCUT2D eigenvalue weighted by Crippen LogP contribution is -2.40. The predicted octanol–water partition coefficient (Wildman–Crippen LogP) is 2.87. The highest BCUT2D eigenvalue weighted by Crippen LogP contribution is 2.60. The van der Waals surface area contributed by atoms with Crippen molar-refractivity contribution in [2.45, 2.75) is 25.7 Å². The highest BCUT2D eigenvalue weighted by Gasteiger charge is 2.62. The molecule has 0 aromatic heterocycles.